The standard InChI is InChI=1S/C10H20N2O2S/c1-8-6-12(4-2-10(8)11)9-3-5-15(13,14)7-9/h8-10H,2-7,11H2,1H3. The zero-order valence-electron chi connectivity index (χ0n) is 9.22. The second kappa shape index (κ2) is 4.03. The smallest absolute Gasteiger partial charge is 0.151 e. The molecule has 2 saturated heterocycles. The van der Waals surface area contributed by atoms with Crippen molar-refractivity contribution in [1.82, 2.24) is 4.90 Å². The lowest BCUT2D eigenvalue weighted by Crippen LogP contribution is -2.50. The molecule has 0 radical (unpaired) electrons. The molecular formula is C10H20N2O2S. The topological polar surface area (TPSA) is 63.4 Å². The largest absolute Gasteiger partial charge is 0.327 e. The molecule has 2 aliphatic heterocycles. The van der Waals surface area contributed by atoms with E-state index in [4.69, 9.17) is 5.73 Å². The Hall–Kier alpha value is -0.130. The van der Waals surface area contributed by atoms with Gasteiger partial charge in [0.15, 0.2) is 9.84 Å². The zero-order valence-corrected chi connectivity index (χ0v) is 10.0. The number of hydrogen-bond acceptors (Lipinski definition) is 4. The van der Waals surface area contributed by atoms with Crippen LogP contribution in [0.15, 0.2) is 0 Å². The third kappa shape index (κ3) is 2.52. The van der Waals surface area contributed by atoms with Crippen LogP contribution in [0, 0.1) is 5.92 Å². The summed E-state index contributed by atoms with van der Waals surface area (Å²) in [4.78, 5) is 2.32. The van der Waals surface area contributed by atoms with Gasteiger partial charge in [0.1, 0.15) is 0 Å². The summed E-state index contributed by atoms with van der Waals surface area (Å²) in [6.07, 6.45) is 1.81. The van der Waals surface area contributed by atoms with Gasteiger partial charge in [-0.3, -0.25) is 4.90 Å². The Morgan fingerprint density at radius 3 is 2.60 bits per heavy atom. The van der Waals surface area contributed by atoms with Gasteiger partial charge in [-0.05, 0) is 25.3 Å². The Balaban J connectivity index is 1.96. The Labute approximate surface area is 91.7 Å². The van der Waals surface area contributed by atoms with Crippen LogP contribution < -0.4 is 5.73 Å². The Morgan fingerprint density at radius 2 is 2.07 bits per heavy atom. The lowest BCUT2D eigenvalue weighted by Gasteiger charge is -2.38. The minimum absolute atomic E-state index is 0.255. The van der Waals surface area contributed by atoms with Crippen molar-refractivity contribution in [2.45, 2.75) is 31.8 Å². The van der Waals surface area contributed by atoms with Gasteiger partial charge in [0.2, 0.25) is 0 Å². The van der Waals surface area contributed by atoms with Crippen molar-refractivity contribution in [1.29, 1.82) is 0 Å². The van der Waals surface area contributed by atoms with Crippen molar-refractivity contribution in [2.24, 2.45) is 11.7 Å². The minimum atomic E-state index is -2.75. The quantitative estimate of drug-likeness (QED) is 0.682. The van der Waals surface area contributed by atoms with E-state index >= 15 is 0 Å². The molecule has 2 aliphatic rings. The molecule has 0 aromatic heterocycles. The molecule has 0 aliphatic carbocycles. The Bertz CT molecular complexity index is 328. The number of nitrogens with two attached hydrogens (primary N) is 1. The highest BCUT2D eigenvalue weighted by atomic mass is 32.2. The average molecular weight is 232 g/mol. The minimum Gasteiger partial charge on any atom is -0.327 e. The van der Waals surface area contributed by atoms with Crippen LogP contribution >= 0.6 is 0 Å². The molecule has 2 rings (SSSR count). The summed E-state index contributed by atoms with van der Waals surface area (Å²) >= 11 is 0. The van der Waals surface area contributed by atoms with E-state index in [1.165, 1.54) is 0 Å². The molecule has 0 bridgehead atoms. The van der Waals surface area contributed by atoms with Crippen molar-refractivity contribution in [3.8, 4) is 0 Å². The van der Waals surface area contributed by atoms with E-state index in [0.29, 0.717) is 23.5 Å². The first-order chi connectivity index (χ1) is 6.98. The van der Waals surface area contributed by atoms with Gasteiger partial charge in [-0.15, -0.1) is 0 Å². The first-order valence-corrected chi connectivity index (χ1v) is 7.50. The molecule has 2 fully saturated rings. The van der Waals surface area contributed by atoms with Gasteiger partial charge in [0.25, 0.3) is 0 Å². The van der Waals surface area contributed by atoms with E-state index in [-0.39, 0.29) is 6.04 Å². The molecule has 4 nitrogen and oxygen atoms in total. The summed E-state index contributed by atoms with van der Waals surface area (Å²) in [6, 6.07) is 0.546. The zero-order chi connectivity index (χ0) is 11.1. The summed E-state index contributed by atoms with van der Waals surface area (Å²) in [5, 5.41) is 0. The van der Waals surface area contributed by atoms with E-state index in [1.54, 1.807) is 0 Å². The van der Waals surface area contributed by atoms with Crippen molar-refractivity contribution in [3.05, 3.63) is 0 Å². The van der Waals surface area contributed by atoms with E-state index in [2.05, 4.69) is 11.8 Å². The predicted molar refractivity (Wildman–Crippen MR) is 60.4 cm³/mol. The summed E-state index contributed by atoms with van der Waals surface area (Å²) in [7, 11) is -2.75. The maximum atomic E-state index is 11.4. The highest BCUT2D eigenvalue weighted by Crippen LogP contribution is 2.23. The molecule has 0 spiro atoms. The second-order valence-corrected chi connectivity index (χ2v) is 7.21. The fraction of sp³-hybridized carbons (Fsp3) is 1.00. The van der Waals surface area contributed by atoms with Gasteiger partial charge in [-0.2, -0.15) is 0 Å². The van der Waals surface area contributed by atoms with Crippen LogP contribution in [0.5, 0.6) is 0 Å². The predicted octanol–water partition coefficient (Wildman–Crippen LogP) is -0.157. The number of nitrogens with zero attached hydrogens (tertiary/aromatic N) is 1. The number of sulfone groups is 1. The van der Waals surface area contributed by atoms with Gasteiger partial charge in [0.05, 0.1) is 11.5 Å². The summed E-state index contributed by atoms with van der Waals surface area (Å²) in [6.45, 7) is 4.08. The van der Waals surface area contributed by atoms with Crippen LogP contribution in [-0.4, -0.2) is 50.0 Å². The van der Waals surface area contributed by atoms with E-state index in [9.17, 15) is 8.42 Å². The molecule has 15 heavy (non-hydrogen) atoms. The summed E-state index contributed by atoms with van der Waals surface area (Å²) in [5.74, 6) is 1.21. The van der Waals surface area contributed by atoms with Crippen LogP contribution in [0.4, 0.5) is 0 Å². The number of likely N-dealkylation sites (tertiary alicyclic amines) is 1. The molecular weight excluding hydrogens is 212 g/mol. The molecule has 3 unspecified atom stereocenters. The number of hydrogen-bond donors (Lipinski definition) is 1. The summed E-state index contributed by atoms with van der Waals surface area (Å²) in [5.41, 5.74) is 5.95. The maximum absolute atomic E-state index is 11.4. The lowest BCUT2D eigenvalue weighted by atomic mass is 9.93. The molecule has 0 aromatic carbocycles. The molecule has 3 atom stereocenters. The van der Waals surface area contributed by atoms with Crippen molar-refractivity contribution in [3.63, 3.8) is 0 Å². The fourth-order valence-electron chi connectivity index (χ4n) is 2.59. The Kier molecular flexibility index (Phi) is 3.05. The van der Waals surface area contributed by atoms with Crippen LogP contribution in [-0.2, 0) is 9.84 Å². The average Bonchev–Trinajstić information content (AvgIpc) is 2.51. The highest BCUT2D eigenvalue weighted by Gasteiger charge is 2.35. The van der Waals surface area contributed by atoms with Gasteiger partial charge < -0.3 is 5.73 Å². The van der Waals surface area contributed by atoms with Gasteiger partial charge in [-0.25, -0.2) is 8.42 Å². The lowest BCUT2D eigenvalue weighted by molar-refractivity contribution is 0.126. The molecule has 0 amide bonds. The molecule has 5 heteroatoms. The number of piperidine rings is 1. The SMILES string of the molecule is CC1CN(C2CCS(=O)(=O)C2)CCC1N. The van der Waals surface area contributed by atoms with Crippen LogP contribution in [0.3, 0.4) is 0 Å². The van der Waals surface area contributed by atoms with E-state index in [1.807, 2.05) is 0 Å². The Morgan fingerprint density at radius 1 is 1.33 bits per heavy atom. The van der Waals surface area contributed by atoms with Gasteiger partial charge >= 0.3 is 0 Å². The second-order valence-electron chi connectivity index (χ2n) is 4.98. The third-order valence-electron chi connectivity index (χ3n) is 3.73. The third-order valence-corrected chi connectivity index (χ3v) is 5.48. The van der Waals surface area contributed by atoms with E-state index in [0.717, 1.165) is 25.9 Å². The normalized spacial score (nSPS) is 41.9. The monoisotopic (exact) mass is 232 g/mol. The molecule has 0 saturated carbocycles. The fourth-order valence-corrected chi connectivity index (χ4v) is 4.35. The molecule has 2 N–H and O–H groups in total. The van der Waals surface area contributed by atoms with E-state index < -0.39 is 9.84 Å². The number of rotatable bonds is 1. The molecule has 2 heterocycles. The maximum Gasteiger partial charge on any atom is 0.151 e. The van der Waals surface area contributed by atoms with Crippen LogP contribution in [0.1, 0.15) is 19.8 Å². The van der Waals surface area contributed by atoms with Crippen LogP contribution in [0.2, 0.25) is 0 Å². The van der Waals surface area contributed by atoms with Crippen molar-refractivity contribution >= 4 is 9.84 Å². The molecule has 88 valence electrons. The first-order valence-electron chi connectivity index (χ1n) is 5.68. The summed E-state index contributed by atoms with van der Waals surface area (Å²) < 4.78 is 22.8. The van der Waals surface area contributed by atoms with Gasteiger partial charge in [0, 0.05) is 18.6 Å². The van der Waals surface area contributed by atoms with Gasteiger partial charge in [-0.1, -0.05) is 6.92 Å². The highest BCUT2D eigenvalue weighted by molar-refractivity contribution is 7.91. The molecule has 0 aromatic rings. The first kappa shape index (κ1) is 11.4. The van der Waals surface area contributed by atoms with Crippen molar-refractivity contribution < 1.29 is 8.42 Å². The van der Waals surface area contributed by atoms with Crippen molar-refractivity contribution in [2.75, 3.05) is 24.6 Å². The van der Waals surface area contributed by atoms with Crippen LogP contribution in [0.25, 0.3) is 0 Å².